The Kier molecular flexibility index (Phi) is 2.67. The summed E-state index contributed by atoms with van der Waals surface area (Å²) in [5.41, 5.74) is 1.40. The number of rotatable bonds is 1. The molecule has 13 heavy (non-hydrogen) atoms. The van der Waals surface area contributed by atoms with Gasteiger partial charge in [0.1, 0.15) is 0 Å². The van der Waals surface area contributed by atoms with Crippen molar-refractivity contribution in [1.29, 1.82) is 0 Å². The highest BCUT2D eigenvalue weighted by atomic mass is 79.9. The predicted molar refractivity (Wildman–Crippen MR) is 66.4 cm³/mol. The van der Waals surface area contributed by atoms with E-state index in [-0.39, 0.29) is 0 Å². The molecule has 0 aliphatic carbocycles. The van der Waals surface area contributed by atoms with Gasteiger partial charge in [-0.05, 0) is 23.9 Å². The summed E-state index contributed by atoms with van der Waals surface area (Å²) in [5, 5.41) is 2.27. The van der Waals surface area contributed by atoms with Gasteiger partial charge in [0.2, 0.25) is 0 Å². The third-order valence-electron chi connectivity index (χ3n) is 2.13. The molecule has 1 aromatic heterocycles. The minimum Gasteiger partial charge on any atom is -0.142 e. The molecule has 2 rings (SSSR count). The van der Waals surface area contributed by atoms with Gasteiger partial charge in [-0.3, -0.25) is 0 Å². The number of alkyl halides is 1. The van der Waals surface area contributed by atoms with Crippen molar-refractivity contribution in [1.82, 2.24) is 0 Å². The topological polar surface area (TPSA) is 0 Å². The summed E-state index contributed by atoms with van der Waals surface area (Å²) >= 11 is 9.78. The molecule has 0 saturated heterocycles. The molecule has 1 heterocycles. The highest BCUT2D eigenvalue weighted by molar-refractivity contribution is 9.08. The van der Waals surface area contributed by atoms with Crippen LogP contribution >= 0.6 is 39.9 Å². The van der Waals surface area contributed by atoms with Crippen molar-refractivity contribution >= 4 is 50.0 Å². The van der Waals surface area contributed by atoms with Gasteiger partial charge >= 0.3 is 0 Å². The molecule has 0 fully saturated rings. The van der Waals surface area contributed by atoms with E-state index < -0.39 is 0 Å². The molecule has 3 heteroatoms. The van der Waals surface area contributed by atoms with Crippen LogP contribution in [0.1, 0.15) is 10.4 Å². The van der Waals surface area contributed by atoms with Crippen LogP contribution in [-0.2, 0) is 5.33 Å². The fourth-order valence-corrected chi connectivity index (χ4v) is 3.78. The van der Waals surface area contributed by atoms with Crippen molar-refractivity contribution in [3.05, 3.63) is 28.6 Å². The Morgan fingerprint density at radius 3 is 2.92 bits per heavy atom. The first-order valence-electron chi connectivity index (χ1n) is 4.00. The smallest absolute Gasteiger partial charge is 0.0482 e. The van der Waals surface area contributed by atoms with Crippen LogP contribution in [0.5, 0.6) is 0 Å². The summed E-state index contributed by atoms with van der Waals surface area (Å²) in [6.45, 7) is 2.16. The predicted octanol–water partition coefficient (Wildman–Crippen LogP) is 4.39. The second-order valence-corrected chi connectivity index (χ2v) is 5.19. The number of thiol groups is 1. The number of fused-ring (bicyclic) bond motifs is 1. The van der Waals surface area contributed by atoms with Crippen LogP contribution in [0.3, 0.4) is 0 Å². The van der Waals surface area contributed by atoms with Gasteiger partial charge < -0.3 is 0 Å². The maximum atomic E-state index is 4.44. The van der Waals surface area contributed by atoms with E-state index >= 15 is 0 Å². The van der Waals surface area contributed by atoms with E-state index in [1.807, 2.05) is 17.4 Å². The molecule has 1 aromatic carbocycles. The van der Waals surface area contributed by atoms with Crippen molar-refractivity contribution in [2.45, 2.75) is 17.1 Å². The van der Waals surface area contributed by atoms with Crippen LogP contribution < -0.4 is 0 Å². The minimum atomic E-state index is 0.927. The second kappa shape index (κ2) is 3.64. The normalized spacial score (nSPS) is 11.0. The van der Waals surface area contributed by atoms with Gasteiger partial charge in [0.15, 0.2) is 0 Å². The molecule has 0 atom stereocenters. The lowest BCUT2D eigenvalue weighted by molar-refractivity contribution is 1.44. The van der Waals surface area contributed by atoms with Crippen LogP contribution in [0.4, 0.5) is 0 Å². The zero-order chi connectivity index (χ0) is 9.42. The van der Waals surface area contributed by atoms with Gasteiger partial charge in [-0.2, -0.15) is 0 Å². The van der Waals surface area contributed by atoms with Crippen molar-refractivity contribution in [3.8, 4) is 0 Å². The Hall–Kier alpha value is 0.01000. The van der Waals surface area contributed by atoms with Crippen LogP contribution in [0.15, 0.2) is 23.1 Å². The SMILES string of the molecule is Cc1sc2c(S)cccc2c1CBr. The van der Waals surface area contributed by atoms with Gasteiger partial charge in [-0.25, -0.2) is 0 Å². The lowest BCUT2D eigenvalue weighted by atomic mass is 10.1. The number of hydrogen-bond donors (Lipinski definition) is 1. The number of benzene rings is 1. The summed E-state index contributed by atoms with van der Waals surface area (Å²) < 4.78 is 1.30. The average molecular weight is 273 g/mol. The van der Waals surface area contributed by atoms with Crippen LogP contribution in [0.2, 0.25) is 0 Å². The van der Waals surface area contributed by atoms with E-state index in [4.69, 9.17) is 0 Å². The Morgan fingerprint density at radius 2 is 2.23 bits per heavy atom. The number of hydrogen-bond acceptors (Lipinski definition) is 2. The van der Waals surface area contributed by atoms with E-state index in [0.717, 1.165) is 10.2 Å². The Bertz CT molecular complexity index is 445. The summed E-state index contributed by atoms with van der Waals surface area (Å²) in [6, 6.07) is 6.26. The van der Waals surface area contributed by atoms with Crippen molar-refractivity contribution < 1.29 is 0 Å². The molecular formula is C10H9BrS2. The van der Waals surface area contributed by atoms with E-state index in [0.29, 0.717) is 0 Å². The third kappa shape index (κ3) is 1.53. The standard InChI is InChI=1S/C10H9BrS2/c1-6-8(5-11)7-3-2-4-9(12)10(7)13-6/h2-4,12H,5H2,1H3. The highest BCUT2D eigenvalue weighted by Gasteiger charge is 2.08. The highest BCUT2D eigenvalue weighted by Crippen LogP contribution is 2.35. The first kappa shape index (κ1) is 9.56. The molecule has 0 aliphatic rings. The van der Waals surface area contributed by atoms with Gasteiger partial charge in [0, 0.05) is 19.8 Å². The van der Waals surface area contributed by atoms with E-state index in [1.54, 1.807) is 0 Å². The molecule has 0 amide bonds. The molecule has 0 aliphatic heterocycles. The van der Waals surface area contributed by atoms with E-state index in [1.165, 1.54) is 20.5 Å². The van der Waals surface area contributed by atoms with E-state index in [2.05, 4.69) is 47.6 Å². The maximum Gasteiger partial charge on any atom is 0.0482 e. The fraction of sp³-hybridized carbons (Fsp3) is 0.200. The largest absolute Gasteiger partial charge is 0.142 e. The molecule has 0 N–H and O–H groups in total. The number of thiophene rings is 1. The van der Waals surface area contributed by atoms with Gasteiger partial charge in [-0.15, -0.1) is 24.0 Å². The van der Waals surface area contributed by atoms with Crippen molar-refractivity contribution in [2.24, 2.45) is 0 Å². The van der Waals surface area contributed by atoms with Crippen molar-refractivity contribution in [3.63, 3.8) is 0 Å². The Balaban J connectivity index is 2.86. The zero-order valence-corrected chi connectivity index (χ0v) is 10.5. The second-order valence-electron chi connectivity index (χ2n) is 2.92. The third-order valence-corrected chi connectivity index (χ3v) is 4.41. The molecule has 0 radical (unpaired) electrons. The lowest BCUT2D eigenvalue weighted by Crippen LogP contribution is -1.76. The number of aryl methyl sites for hydroxylation is 1. The van der Waals surface area contributed by atoms with Crippen LogP contribution in [-0.4, -0.2) is 0 Å². The molecule has 2 aromatic rings. The first-order valence-corrected chi connectivity index (χ1v) is 6.38. The van der Waals surface area contributed by atoms with Crippen molar-refractivity contribution in [2.75, 3.05) is 0 Å². The molecule has 0 saturated carbocycles. The Morgan fingerprint density at radius 1 is 1.46 bits per heavy atom. The molecular weight excluding hydrogens is 264 g/mol. The molecule has 0 nitrogen and oxygen atoms in total. The van der Waals surface area contributed by atoms with E-state index in [9.17, 15) is 0 Å². The van der Waals surface area contributed by atoms with Gasteiger partial charge in [-0.1, -0.05) is 28.1 Å². The fourth-order valence-electron chi connectivity index (χ4n) is 1.44. The van der Waals surface area contributed by atoms with Crippen LogP contribution in [0.25, 0.3) is 10.1 Å². The minimum absolute atomic E-state index is 0.927. The zero-order valence-electron chi connectivity index (χ0n) is 7.17. The Labute approximate surface area is 95.5 Å². The average Bonchev–Trinajstić information content (AvgIpc) is 2.43. The summed E-state index contributed by atoms with van der Waals surface area (Å²) in [7, 11) is 0. The lowest BCUT2D eigenvalue weighted by Gasteiger charge is -1.95. The van der Waals surface area contributed by atoms with Gasteiger partial charge in [0.25, 0.3) is 0 Å². The van der Waals surface area contributed by atoms with Gasteiger partial charge in [0.05, 0.1) is 0 Å². The molecule has 0 bridgehead atoms. The summed E-state index contributed by atoms with van der Waals surface area (Å²) in [5.74, 6) is 0. The molecule has 0 unspecified atom stereocenters. The van der Waals surface area contributed by atoms with Crippen LogP contribution in [0, 0.1) is 6.92 Å². The quantitative estimate of drug-likeness (QED) is 0.578. The molecule has 68 valence electrons. The monoisotopic (exact) mass is 272 g/mol. The maximum absolute atomic E-state index is 4.44. The molecule has 0 spiro atoms. The summed E-state index contributed by atoms with van der Waals surface area (Å²) in [4.78, 5) is 2.46. The first-order chi connectivity index (χ1) is 6.24. The number of halogens is 1. The summed E-state index contributed by atoms with van der Waals surface area (Å²) in [6.07, 6.45) is 0.